The Morgan fingerprint density at radius 2 is 1.85 bits per heavy atom. The Morgan fingerprint density at radius 3 is 2.63 bits per heavy atom. The summed E-state index contributed by atoms with van der Waals surface area (Å²) in [5, 5.41) is 3.34. The van der Waals surface area contributed by atoms with E-state index >= 15 is 0 Å². The smallest absolute Gasteiger partial charge is 0.244 e. The second-order valence-electron chi connectivity index (χ2n) is 5.90. The second kappa shape index (κ2) is 7.50. The van der Waals surface area contributed by atoms with Crippen LogP contribution in [0.1, 0.15) is 0 Å². The van der Waals surface area contributed by atoms with Crippen molar-refractivity contribution in [3.63, 3.8) is 0 Å². The molecule has 134 valence electrons. The molecule has 2 aromatic heterocycles. The van der Waals surface area contributed by atoms with Crippen molar-refractivity contribution >= 4 is 50.3 Å². The van der Waals surface area contributed by atoms with Crippen LogP contribution in [0.3, 0.4) is 0 Å². The van der Waals surface area contributed by atoms with E-state index in [0.29, 0.717) is 22.2 Å². The number of anilines is 1. The largest absolute Gasteiger partial charge is 0.323 e. The Balaban J connectivity index is 1.71. The number of hydrogen-bond donors (Lipinski definition) is 1. The lowest BCUT2D eigenvalue weighted by molar-refractivity contribution is -0.116. The van der Waals surface area contributed by atoms with Gasteiger partial charge in [0.25, 0.3) is 0 Å². The van der Waals surface area contributed by atoms with E-state index in [1.165, 1.54) is 0 Å². The fourth-order valence-corrected chi connectivity index (χ4v) is 3.27. The maximum absolute atomic E-state index is 12.7. The molecule has 0 aliphatic carbocycles. The molecule has 0 spiro atoms. The number of carbonyl (C=O) groups excluding carboxylic acids is 1. The number of amides is 1. The van der Waals surface area contributed by atoms with Crippen LogP contribution in [0.5, 0.6) is 0 Å². The first-order chi connectivity index (χ1) is 13.1. The number of fused-ring (bicyclic) bond motifs is 1. The summed E-state index contributed by atoms with van der Waals surface area (Å²) in [7, 11) is 0. The fourth-order valence-electron chi connectivity index (χ4n) is 2.82. The summed E-state index contributed by atoms with van der Waals surface area (Å²) in [6, 6.07) is 18.6. The summed E-state index contributed by atoms with van der Waals surface area (Å²) in [6.07, 6.45) is 1.69. The summed E-state index contributed by atoms with van der Waals surface area (Å²) in [5.41, 5.74) is 2.87. The van der Waals surface area contributed by atoms with E-state index in [1.54, 1.807) is 18.3 Å². The lowest BCUT2D eigenvalue weighted by Crippen LogP contribution is -2.19. The van der Waals surface area contributed by atoms with Crippen LogP contribution in [0.15, 0.2) is 71.3 Å². The van der Waals surface area contributed by atoms with E-state index in [2.05, 4.69) is 31.2 Å². The Bertz CT molecular complexity index is 1120. The summed E-state index contributed by atoms with van der Waals surface area (Å²) < 4.78 is 2.79. The van der Waals surface area contributed by atoms with Crippen molar-refractivity contribution in [3.8, 4) is 11.4 Å². The highest BCUT2D eigenvalue weighted by Crippen LogP contribution is 2.26. The van der Waals surface area contributed by atoms with Crippen LogP contribution >= 0.6 is 27.5 Å². The van der Waals surface area contributed by atoms with Crippen LogP contribution in [0.2, 0.25) is 5.02 Å². The summed E-state index contributed by atoms with van der Waals surface area (Å²) in [6.45, 7) is 0.0735. The molecule has 1 N–H and O–H groups in total. The number of pyridine rings is 1. The molecule has 0 aliphatic heterocycles. The van der Waals surface area contributed by atoms with Gasteiger partial charge in [-0.15, -0.1) is 0 Å². The number of aromatic nitrogens is 3. The quantitative estimate of drug-likeness (QED) is 0.476. The highest BCUT2D eigenvalue weighted by atomic mass is 79.9. The molecule has 7 heteroatoms. The minimum atomic E-state index is -0.202. The molecular formula is C20H14BrClN4O. The number of carbonyl (C=O) groups is 1. The molecule has 0 fully saturated rings. The van der Waals surface area contributed by atoms with Gasteiger partial charge in [-0.25, -0.2) is 9.97 Å². The zero-order valence-corrected chi connectivity index (χ0v) is 16.4. The molecule has 0 unspecified atom stereocenters. The van der Waals surface area contributed by atoms with Crippen LogP contribution in [-0.4, -0.2) is 20.4 Å². The minimum Gasteiger partial charge on any atom is -0.323 e. The third-order valence-corrected chi connectivity index (χ3v) is 4.91. The Kier molecular flexibility index (Phi) is 4.92. The fraction of sp³-hybridized carbons (Fsp3) is 0.0500. The van der Waals surface area contributed by atoms with E-state index < -0.39 is 0 Å². The molecule has 1 amide bonds. The maximum Gasteiger partial charge on any atom is 0.244 e. The number of nitrogens with zero attached hydrogens (tertiary/aromatic N) is 3. The predicted octanol–water partition coefficient (Wildman–Crippen LogP) is 5.15. The van der Waals surface area contributed by atoms with Gasteiger partial charge >= 0.3 is 0 Å². The predicted molar refractivity (Wildman–Crippen MR) is 111 cm³/mol. The van der Waals surface area contributed by atoms with E-state index in [1.807, 2.05) is 53.1 Å². The molecule has 0 radical (unpaired) electrons. The third-order valence-electron chi connectivity index (χ3n) is 4.06. The van der Waals surface area contributed by atoms with E-state index in [-0.39, 0.29) is 12.5 Å². The Morgan fingerprint density at radius 1 is 1.07 bits per heavy atom. The van der Waals surface area contributed by atoms with E-state index in [0.717, 1.165) is 15.6 Å². The first-order valence-electron chi connectivity index (χ1n) is 8.23. The van der Waals surface area contributed by atoms with Gasteiger partial charge in [0.05, 0.1) is 10.7 Å². The van der Waals surface area contributed by atoms with Crippen LogP contribution < -0.4 is 5.32 Å². The topological polar surface area (TPSA) is 59.8 Å². The van der Waals surface area contributed by atoms with E-state index in [9.17, 15) is 4.79 Å². The second-order valence-corrected chi connectivity index (χ2v) is 7.23. The third kappa shape index (κ3) is 3.72. The minimum absolute atomic E-state index is 0.0735. The van der Waals surface area contributed by atoms with Gasteiger partial charge in [0.1, 0.15) is 17.9 Å². The van der Waals surface area contributed by atoms with E-state index in [4.69, 9.17) is 11.6 Å². The lowest BCUT2D eigenvalue weighted by atomic mass is 10.2. The Hall–Kier alpha value is -2.70. The molecule has 5 nitrogen and oxygen atoms in total. The van der Waals surface area contributed by atoms with Crippen LogP contribution in [0.25, 0.3) is 22.6 Å². The number of rotatable bonds is 4. The molecule has 0 aliphatic rings. The molecular weight excluding hydrogens is 428 g/mol. The molecule has 0 bridgehead atoms. The number of hydrogen-bond acceptors (Lipinski definition) is 3. The van der Waals surface area contributed by atoms with Gasteiger partial charge < -0.3 is 5.32 Å². The number of halogens is 2. The van der Waals surface area contributed by atoms with Gasteiger partial charge in [0.15, 0.2) is 5.65 Å². The number of para-hydroxylation sites is 1. The van der Waals surface area contributed by atoms with Crippen LogP contribution in [0, 0.1) is 0 Å². The number of benzene rings is 2. The summed E-state index contributed by atoms with van der Waals surface area (Å²) in [4.78, 5) is 21.7. The van der Waals surface area contributed by atoms with Crippen molar-refractivity contribution < 1.29 is 4.79 Å². The monoisotopic (exact) mass is 440 g/mol. The van der Waals surface area contributed by atoms with Crippen molar-refractivity contribution in [1.29, 1.82) is 0 Å². The molecule has 2 aromatic carbocycles. The van der Waals surface area contributed by atoms with Crippen LogP contribution in [-0.2, 0) is 11.3 Å². The van der Waals surface area contributed by atoms with Crippen molar-refractivity contribution in [3.05, 3.63) is 76.4 Å². The maximum atomic E-state index is 12.7. The van der Waals surface area contributed by atoms with Crippen molar-refractivity contribution in [2.45, 2.75) is 6.54 Å². The van der Waals surface area contributed by atoms with Gasteiger partial charge in [-0.05, 0) is 36.4 Å². The molecule has 4 aromatic rings. The van der Waals surface area contributed by atoms with Crippen LogP contribution in [0.4, 0.5) is 5.69 Å². The highest BCUT2D eigenvalue weighted by molar-refractivity contribution is 9.10. The Labute approximate surface area is 169 Å². The zero-order chi connectivity index (χ0) is 18.8. The van der Waals surface area contributed by atoms with Crippen molar-refractivity contribution in [2.75, 3.05) is 5.32 Å². The van der Waals surface area contributed by atoms with Crippen molar-refractivity contribution in [2.24, 2.45) is 0 Å². The average molecular weight is 442 g/mol. The standard InChI is InChI=1S/C20H14BrClN4O/c21-14-9-7-13(8-10-14)19-25-17-6-3-11-23-20(17)26(19)12-18(27)24-16-5-2-1-4-15(16)22/h1-11H,12H2,(H,24,27). The molecule has 0 saturated heterocycles. The molecule has 2 heterocycles. The van der Waals surface area contributed by atoms with Gasteiger partial charge in [-0.2, -0.15) is 0 Å². The van der Waals surface area contributed by atoms with Gasteiger partial charge in [-0.3, -0.25) is 9.36 Å². The van der Waals surface area contributed by atoms with Gasteiger partial charge in [0, 0.05) is 16.2 Å². The first-order valence-corrected chi connectivity index (χ1v) is 9.40. The van der Waals surface area contributed by atoms with Crippen molar-refractivity contribution in [1.82, 2.24) is 14.5 Å². The van der Waals surface area contributed by atoms with Gasteiger partial charge in [-0.1, -0.05) is 51.8 Å². The molecule has 0 atom stereocenters. The lowest BCUT2D eigenvalue weighted by Gasteiger charge is -2.10. The normalized spacial score (nSPS) is 10.9. The SMILES string of the molecule is O=C(Cn1c(-c2ccc(Br)cc2)nc2cccnc21)Nc1ccccc1Cl. The molecule has 27 heavy (non-hydrogen) atoms. The summed E-state index contributed by atoms with van der Waals surface area (Å²) >= 11 is 9.58. The first kappa shape index (κ1) is 17.7. The summed E-state index contributed by atoms with van der Waals surface area (Å²) in [5.74, 6) is 0.483. The zero-order valence-electron chi connectivity index (χ0n) is 14.1. The number of nitrogens with one attached hydrogen (secondary N) is 1. The number of imidazole rings is 1. The van der Waals surface area contributed by atoms with Gasteiger partial charge in [0.2, 0.25) is 5.91 Å². The molecule has 4 rings (SSSR count). The molecule has 0 saturated carbocycles. The average Bonchev–Trinajstić information content (AvgIpc) is 3.03. The highest BCUT2D eigenvalue weighted by Gasteiger charge is 2.16.